The average Bonchev–Trinajstić information content (AvgIpc) is 3.05. The highest BCUT2D eigenvalue weighted by Crippen LogP contribution is 2.29. The van der Waals surface area contributed by atoms with E-state index in [9.17, 15) is 19.8 Å². The highest BCUT2D eigenvalue weighted by atomic mass is 16.5. The number of ether oxygens (including phenoxy) is 1. The summed E-state index contributed by atoms with van der Waals surface area (Å²) in [6, 6.07) is 25.6. The lowest BCUT2D eigenvalue weighted by Crippen LogP contribution is -2.34. The van der Waals surface area contributed by atoms with Crippen molar-refractivity contribution in [1.29, 1.82) is 0 Å². The third-order valence-corrected chi connectivity index (χ3v) is 7.59. The Morgan fingerprint density at radius 3 is 2.23 bits per heavy atom. The molecule has 4 aromatic rings. The van der Waals surface area contributed by atoms with E-state index in [4.69, 9.17) is 7.48 Å². The molecule has 3 N–H and O–H groups in total. The zero-order chi connectivity index (χ0) is 32.0. The number of amides is 1. The number of rotatable bonds is 11. The predicted octanol–water partition coefficient (Wildman–Crippen LogP) is 4.80. The number of carbonyl (C=O) groups excluding carboxylic acids is 1. The Morgan fingerprint density at radius 1 is 0.953 bits per heavy atom. The van der Waals surface area contributed by atoms with Crippen LogP contribution in [0.5, 0.6) is 5.75 Å². The third-order valence-electron chi connectivity index (χ3n) is 7.59. The summed E-state index contributed by atoms with van der Waals surface area (Å²) in [7, 11) is 0. The summed E-state index contributed by atoms with van der Waals surface area (Å²) in [6.45, 7) is 0.560. The molecule has 0 unspecified atom stereocenters. The van der Waals surface area contributed by atoms with Crippen molar-refractivity contribution in [3.8, 4) is 16.9 Å². The molecule has 9 nitrogen and oxygen atoms in total. The molecular weight excluding hydrogens is 544 g/mol. The number of piperidine rings is 1. The molecule has 3 aromatic carbocycles. The fourth-order valence-corrected chi connectivity index (χ4v) is 5.26. The van der Waals surface area contributed by atoms with Crippen molar-refractivity contribution in [2.24, 2.45) is 5.92 Å². The molecule has 5 rings (SSSR count). The molecule has 9 heteroatoms. The van der Waals surface area contributed by atoms with Crippen LogP contribution in [0.1, 0.15) is 48.7 Å². The highest BCUT2D eigenvalue weighted by Gasteiger charge is 2.24. The molecule has 0 spiro atoms. The van der Waals surface area contributed by atoms with Gasteiger partial charge in [-0.15, -0.1) is 0 Å². The number of benzene rings is 3. The Hall–Kier alpha value is -4.76. The van der Waals surface area contributed by atoms with Crippen molar-refractivity contribution >= 4 is 17.6 Å². The molecule has 1 aliphatic rings. The van der Waals surface area contributed by atoms with Gasteiger partial charge in [-0.1, -0.05) is 66.7 Å². The molecule has 0 saturated carbocycles. The lowest BCUT2D eigenvalue weighted by atomic mass is 9.92. The second-order valence-corrected chi connectivity index (χ2v) is 10.6. The van der Waals surface area contributed by atoms with E-state index in [0.717, 1.165) is 53.9 Å². The summed E-state index contributed by atoms with van der Waals surface area (Å²) in [4.78, 5) is 35.9. The van der Waals surface area contributed by atoms with E-state index in [1.54, 1.807) is 6.92 Å². The topological polar surface area (TPSA) is 125 Å². The van der Waals surface area contributed by atoms with Crippen LogP contribution < -0.4 is 15.0 Å². The maximum absolute atomic E-state index is 13.1. The molecule has 0 atom stereocenters. The number of carbonyl (C=O) groups is 2. The van der Waals surface area contributed by atoms with Crippen molar-refractivity contribution in [3.05, 3.63) is 107 Å². The van der Waals surface area contributed by atoms with Crippen molar-refractivity contribution in [1.82, 2.24) is 15.3 Å². The Balaban J connectivity index is 1.26. The average molecular weight is 583 g/mol. The number of aryl methyl sites for hydroxylation is 1. The molecule has 0 radical (unpaired) electrons. The van der Waals surface area contributed by atoms with Crippen LogP contribution in [0.25, 0.3) is 11.1 Å². The van der Waals surface area contributed by atoms with Crippen LogP contribution >= 0.6 is 0 Å². The van der Waals surface area contributed by atoms with Crippen molar-refractivity contribution < 1.29 is 27.3 Å². The van der Waals surface area contributed by atoms with E-state index in [-0.39, 0.29) is 30.6 Å². The summed E-state index contributed by atoms with van der Waals surface area (Å²) in [5.41, 5.74) is 5.30. The van der Waals surface area contributed by atoms with Gasteiger partial charge in [0.05, 0.1) is 15.0 Å². The molecule has 1 aliphatic heterocycles. The van der Waals surface area contributed by atoms with Gasteiger partial charge in [-0.05, 0) is 60.1 Å². The molecule has 1 amide bonds. The van der Waals surface area contributed by atoms with Crippen LogP contribution in [0.3, 0.4) is 0 Å². The van der Waals surface area contributed by atoms with Crippen LogP contribution in [0.2, 0.25) is 0 Å². The number of carboxylic acids is 1. The number of aliphatic hydroxyl groups excluding tert-OH is 1. The standard InChI is InChI=1S/C34H36N4O5/c1-23-33(43-22-26-5-3-2-4-6-26)32(34(42)35-20-31(40)41)37-30(36-23)19-24-15-17-38(18-16-24)29-13-11-28(12-14-29)27-9-7-25(21-39)8-10-27/h2-14,24,39H,15-22H2,1H3,(H,35,42)(H,40,41)/i20D2. The van der Waals surface area contributed by atoms with E-state index in [1.807, 2.05) is 59.9 Å². The van der Waals surface area contributed by atoms with E-state index in [0.29, 0.717) is 17.9 Å². The number of hydrogen-bond acceptors (Lipinski definition) is 7. The minimum Gasteiger partial charge on any atom is -0.485 e. The highest BCUT2D eigenvalue weighted by molar-refractivity contribution is 5.96. The van der Waals surface area contributed by atoms with Gasteiger partial charge < -0.3 is 25.2 Å². The molecule has 222 valence electrons. The molecule has 1 saturated heterocycles. The summed E-state index contributed by atoms with van der Waals surface area (Å²) >= 11 is 0. The predicted molar refractivity (Wildman–Crippen MR) is 164 cm³/mol. The molecular formula is C34H36N4O5. The summed E-state index contributed by atoms with van der Waals surface area (Å²) in [5, 5.41) is 20.4. The Morgan fingerprint density at radius 2 is 1.60 bits per heavy atom. The molecule has 0 aliphatic carbocycles. The Labute approximate surface area is 254 Å². The van der Waals surface area contributed by atoms with Crippen molar-refractivity contribution in [2.45, 2.75) is 39.4 Å². The fourth-order valence-electron chi connectivity index (χ4n) is 5.26. The zero-order valence-corrected chi connectivity index (χ0v) is 24.0. The molecule has 2 heterocycles. The second kappa shape index (κ2) is 13.9. The zero-order valence-electron chi connectivity index (χ0n) is 26.0. The smallest absolute Gasteiger partial charge is 0.322 e. The van der Waals surface area contributed by atoms with Gasteiger partial charge in [-0.3, -0.25) is 9.59 Å². The van der Waals surface area contributed by atoms with Gasteiger partial charge in [0, 0.05) is 25.2 Å². The lowest BCUT2D eigenvalue weighted by molar-refractivity contribution is -0.135. The second-order valence-electron chi connectivity index (χ2n) is 10.6. The molecule has 43 heavy (non-hydrogen) atoms. The third kappa shape index (κ3) is 7.75. The Kier molecular flexibility index (Phi) is 8.78. The maximum atomic E-state index is 13.1. The van der Waals surface area contributed by atoms with E-state index in [2.05, 4.69) is 39.1 Å². The minimum absolute atomic E-state index is 0.0251. The van der Waals surface area contributed by atoms with Crippen LogP contribution in [-0.2, 0) is 24.4 Å². The SMILES string of the molecule is [2H]C([2H])(NC(=O)c1nc(CC2CCN(c3ccc(-c4ccc(CO)cc4)cc3)CC2)nc(C)c1OCc1ccccc1)C(=O)O. The summed E-state index contributed by atoms with van der Waals surface area (Å²) in [5.74, 6) is -2.02. The first-order valence-electron chi connectivity index (χ1n) is 15.3. The molecule has 0 bridgehead atoms. The first-order valence-corrected chi connectivity index (χ1v) is 14.3. The summed E-state index contributed by atoms with van der Waals surface area (Å²) < 4.78 is 21.3. The molecule has 1 aromatic heterocycles. The fraction of sp³-hybridized carbons (Fsp3) is 0.294. The first-order chi connectivity index (χ1) is 21.6. The lowest BCUT2D eigenvalue weighted by Gasteiger charge is -2.33. The van der Waals surface area contributed by atoms with Crippen LogP contribution in [0.4, 0.5) is 5.69 Å². The molecule has 1 fully saturated rings. The monoisotopic (exact) mass is 582 g/mol. The number of aliphatic carboxylic acids is 1. The first kappa shape index (κ1) is 27.1. The number of hydrogen-bond donors (Lipinski definition) is 3. The van der Waals surface area contributed by atoms with E-state index in [1.165, 1.54) is 0 Å². The van der Waals surface area contributed by atoms with Gasteiger partial charge in [-0.25, -0.2) is 9.97 Å². The van der Waals surface area contributed by atoms with Gasteiger partial charge in [-0.2, -0.15) is 0 Å². The van der Waals surface area contributed by atoms with Gasteiger partial charge in [0.15, 0.2) is 11.4 Å². The largest absolute Gasteiger partial charge is 0.485 e. The van der Waals surface area contributed by atoms with Crippen LogP contribution in [0.15, 0.2) is 78.9 Å². The number of carboxylic acid groups (broad SMARTS) is 1. The number of nitrogens with zero attached hydrogens (tertiary/aromatic N) is 3. The normalized spacial score (nSPS) is 14.5. The van der Waals surface area contributed by atoms with Gasteiger partial charge in [0.25, 0.3) is 5.91 Å². The van der Waals surface area contributed by atoms with Gasteiger partial charge in [0.2, 0.25) is 0 Å². The number of anilines is 1. The maximum Gasteiger partial charge on any atom is 0.322 e. The summed E-state index contributed by atoms with van der Waals surface area (Å²) in [6.07, 6.45) is 2.30. The van der Waals surface area contributed by atoms with Gasteiger partial charge >= 0.3 is 5.97 Å². The number of aromatic nitrogens is 2. The minimum atomic E-state index is -2.98. The quantitative estimate of drug-likeness (QED) is 0.230. The Bertz CT molecular complexity index is 1630. The van der Waals surface area contributed by atoms with Crippen molar-refractivity contribution in [3.63, 3.8) is 0 Å². The van der Waals surface area contributed by atoms with E-state index >= 15 is 0 Å². The van der Waals surface area contributed by atoms with Crippen molar-refractivity contribution in [2.75, 3.05) is 24.5 Å². The van der Waals surface area contributed by atoms with Crippen LogP contribution in [-0.4, -0.2) is 51.6 Å². The van der Waals surface area contributed by atoms with E-state index < -0.39 is 18.4 Å². The number of nitrogens with one attached hydrogen (secondary N) is 1. The number of aliphatic hydroxyl groups is 1. The van der Waals surface area contributed by atoms with Crippen LogP contribution in [0, 0.1) is 12.8 Å². The van der Waals surface area contributed by atoms with Gasteiger partial charge in [0.1, 0.15) is 18.9 Å².